The van der Waals surface area contributed by atoms with E-state index >= 15 is 0 Å². The van der Waals surface area contributed by atoms with E-state index in [1.807, 2.05) is 6.92 Å². The van der Waals surface area contributed by atoms with Crippen molar-refractivity contribution in [2.75, 3.05) is 11.9 Å². The van der Waals surface area contributed by atoms with Gasteiger partial charge in [-0.2, -0.15) is 0 Å². The van der Waals surface area contributed by atoms with Crippen LogP contribution in [0.3, 0.4) is 0 Å². The third-order valence-corrected chi connectivity index (χ3v) is 4.75. The molecule has 106 valence electrons. The van der Waals surface area contributed by atoms with Crippen LogP contribution in [0, 0.1) is 0 Å². The zero-order valence-corrected chi connectivity index (χ0v) is 12.0. The molecule has 1 fully saturated rings. The average Bonchev–Trinajstić information content (AvgIpc) is 2.88. The predicted molar refractivity (Wildman–Crippen MR) is 75.6 cm³/mol. The fourth-order valence-corrected chi connectivity index (χ4v) is 3.73. The lowest BCUT2D eigenvalue weighted by Crippen LogP contribution is -2.33. The molecular formula is C13H21N3O2S. The van der Waals surface area contributed by atoms with Gasteiger partial charge in [0.1, 0.15) is 0 Å². The van der Waals surface area contributed by atoms with Crippen LogP contribution in [0.15, 0.2) is 23.4 Å². The minimum absolute atomic E-state index is 0.0611. The van der Waals surface area contributed by atoms with Crippen LogP contribution in [0.2, 0.25) is 0 Å². The van der Waals surface area contributed by atoms with Crippen molar-refractivity contribution in [3.8, 4) is 0 Å². The monoisotopic (exact) mass is 283 g/mol. The zero-order chi connectivity index (χ0) is 13.7. The Labute approximate surface area is 114 Å². The Balaban J connectivity index is 2.18. The molecule has 0 spiro atoms. The maximum atomic E-state index is 12.4. The van der Waals surface area contributed by atoms with Crippen LogP contribution in [0.5, 0.6) is 0 Å². The lowest BCUT2D eigenvalue weighted by Gasteiger charge is -2.15. The van der Waals surface area contributed by atoms with Gasteiger partial charge in [0.05, 0.1) is 5.69 Å². The first-order chi connectivity index (χ1) is 9.13. The van der Waals surface area contributed by atoms with Crippen LogP contribution in [0.25, 0.3) is 0 Å². The van der Waals surface area contributed by atoms with Gasteiger partial charge in [0.2, 0.25) is 0 Å². The molecule has 19 heavy (non-hydrogen) atoms. The quantitative estimate of drug-likeness (QED) is 0.839. The molecule has 0 radical (unpaired) electrons. The van der Waals surface area contributed by atoms with E-state index in [9.17, 15) is 8.42 Å². The molecule has 2 N–H and O–H groups in total. The fraction of sp³-hybridized carbons (Fsp3) is 0.615. The molecule has 5 nitrogen and oxygen atoms in total. The minimum atomic E-state index is -3.53. The van der Waals surface area contributed by atoms with Gasteiger partial charge < -0.3 is 5.32 Å². The molecule has 1 aliphatic carbocycles. The molecule has 2 rings (SSSR count). The van der Waals surface area contributed by atoms with Crippen molar-refractivity contribution in [1.82, 2.24) is 9.71 Å². The molecule has 0 saturated heterocycles. The van der Waals surface area contributed by atoms with Crippen molar-refractivity contribution in [2.24, 2.45) is 0 Å². The first kappa shape index (κ1) is 14.3. The van der Waals surface area contributed by atoms with Crippen molar-refractivity contribution < 1.29 is 8.42 Å². The first-order valence-corrected chi connectivity index (χ1v) is 8.33. The van der Waals surface area contributed by atoms with E-state index in [1.54, 1.807) is 12.1 Å². The second kappa shape index (κ2) is 6.34. The Bertz CT molecular complexity index is 510. The lowest BCUT2D eigenvalue weighted by molar-refractivity contribution is 0.549. The molecule has 6 heteroatoms. The molecule has 1 aliphatic rings. The molecule has 1 aromatic rings. The van der Waals surface area contributed by atoms with E-state index in [4.69, 9.17) is 0 Å². The van der Waals surface area contributed by atoms with Crippen molar-refractivity contribution in [2.45, 2.75) is 50.1 Å². The summed E-state index contributed by atoms with van der Waals surface area (Å²) in [5.41, 5.74) is 0.579. The van der Waals surface area contributed by atoms with Crippen LogP contribution in [-0.2, 0) is 10.0 Å². The summed E-state index contributed by atoms with van der Waals surface area (Å²) in [5.74, 6) is 0. The van der Waals surface area contributed by atoms with Gasteiger partial charge in [0, 0.05) is 18.8 Å². The van der Waals surface area contributed by atoms with E-state index in [-0.39, 0.29) is 11.1 Å². The van der Waals surface area contributed by atoms with E-state index in [0.717, 1.165) is 38.6 Å². The lowest BCUT2D eigenvalue weighted by atomic mass is 10.3. The Kier molecular flexibility index (Phi) is 4.76. The maximum Gasteiger partial charge on any atom is 0.260 e. The number of rotatable bonds is 6. The van der Waals surface area contributed by atoms with E-state index in [1.165, 1.54) is 6.20 Å². The smallest absolute Gasteiger partial charge is 0.260 e. The Morgan fingerprint density at radius 2 is 2.11 bits per heavy atom. The highest BCUT2D eigenvalue weighted by Crippen LogP contribution is 2.22. The molecule has 1 aromatic heterocycles. The molecule has 0 bridgehead atoms. The highest BCUT2D eigenvalue weighted by atomic mass is 32.2. The Morgan fingerprint density at radius 3 is 2.79 bits per heavy atom. The summed E-state index contributed by atoms with van der Waals surface area (Å²) in [5, 5.41) is 3.22. The standard InChI is InChI=1S/C13H21N3O2S/c1-2-9-14-12-8-5-10-15-13(12)19(17,18)16-11-6-3-4-7-11/h5,8,10-11,14,16H,2-4,6-7,9H2,1H3. The van der Waals surface area contributed by atoms with Crippen LogP contribution in [0.4, 0.5) is 5.69 Å². The molecular weight excluding hydrogens is 262 g/mol. The van der Waals surface area contributed by atoms with Gasteiger partial charge in [-0.3, -0.25) is 0 Å². The number of sulfonamides is 1. The summed E-state index contributed by atoms with van der Waals surface area (Å²) in [4.78, 5) is 4.03. The zero-order valence-electron chi connectivity index (χ0n) is 11.2. The molecule has 0 unspecified atom stereocenters. The summed E-state index contributed by atoms with van der Waals surface area (Å²) < 4.78 is 27.5. The molecule has 1 heterocycles. The van der Waals surface area contributed by atoms with Crippen molar-refractivity contribution in [1.29, 1.82) is 0 Å². The van der Waals surface area contributed by atoms with Gasteiger partial charge in [-0.25, -0.2) is 18.1 Å². The summed E-state index contributed by atoms with van der Waals surface area (Å²) >= 11 is 0. The van der Waals surface area contributed by atoms with Gasteiger partial charge in [0.25, 0.3) is 10.0 Å². The van der Waals surface area contributed by atoms with E-state index in [2.05, 4.69) is 15.0 Å². The Hall–Kier alpha value is -1.14. The van der Waals surface area contributed by atoms with E-state index < -0.39 is 10.0 Å². The summed E-state index contributed by atoms with van der Waals surface area (Å²) in [6, 6.07) is 3.56. The number of aromatic nitrogens is 1. The summed E-state index contributed by atoms with van der Waals surface area (Å²) in [6.45, 7) is 2.77. The van der Waals surface area contributed by atoms with Gasteiger partial charge >= 0.3 is 0 Å². The number of pyridine rings is 1. The predicted octanol–water partition coefficient (Wildman–Crippen LogP) is 2.12. The topological polar surface area (TPSA) is 71.1 Å². The number of nitrogens with zero attached hydrogens (tertiary/aromatic N) is 1. The first-order valence-electron chi connectivity index (χ1n) is 6.84. The van der Waals surface area contributed by atoms with Crippen LogP contribution < -0.4 is 10.0 Å². The maximum absolute atomic E-state index is 12.4. The van der Waals surface area contributed by atoms with Crippen LogP contribution in [-0.4, -0.2) is 26.0 Å². The fourth-order valence-electron chi connectivity index (χ4n) is 2.32. The number of nitrogens with one attached hydrogen (secondary N) is 2. The second-order valence-electron chi connectivity index (χ2n) is 4.89. The number of hydrogen-bond donors (Lipinski definition) is 2. The highest BCUT2D eigenvalue weighted by molar-refractivity contribution is 7.89. The Morgan fingerprint density at radius 1 is 1.37 bits per heavy atom. The third-order valence-electron chi connectivity index (χ3n) is 3.27. The van der Waals surface area contributed by atoms with Gasteiger partial charge in [-0.15, -0.1) is 0 Å². The molecule has 0 aliphatic heterocycles. The second-order valence-corrected chi connectivity index (χ2v) is 6.51. The number of anilines is 1. The molecule has 0 amide bonds. The SMILES string of the molecule is CCCNc1cccnc1S(=O)(=O)NC1CCCC1. The van der Waals surface area contributed by atoms with Crippen molar-refractivity contribution in [3.63, 3.8) is 0 Å². The summed E-state index contributed by atoms with van der Waals surface area (Å²) in [7, 11) is -3.53. The van der Waals surface area contributed by atoms with Crippen LogP contribution in [0.1, 0.15) is 39.0 Å². The normalized spacial score (nSPS) is 16.7. The number of hydrogen-bond acceptors (Lipinski definition) is 4. The third kappa shape index (κ3) is 3.67. The molecule has 0 aromatic carbocycles. The molecule has 0 atom stereocenters. The van der Waals surface area contributed by atoms with Gasteiger partial charge in [0.15, 0.2) is 5.03 Å². The van der Waals surface area contributed by atoms with Gasteiger partial charge in [-0.05, 0) is 31.4 Å². The minimum Gasteiger partial charge on any atom is -0.383 e. The summed E-state index contributed by atoms with van der Waals surface area (Å²) in [6.07, 6.45) is 6.48. The van der Waals surface area contributed by atoms with Crippen molar-refractivity contribution >= 4 is 15.7 Å². The molecule has 1 saturated carbocycles. The largest absolute Gasteiger partial charge is 0.383 e. The van der Waals surface area contributed by atoms with Crippen LogP contribution >= 0.6 is 0 Å². The van der Waals surface area contributed by atoms with Crippen molar-refractivity contribution in [3.05, 3.63) is 18.3 Å². The average molecular weight is 283 g/mol. The van der Waals surface area contributed by atoms with Gasteiger partial charge in [-0.1, -0.05) is 19.8 Å². The van der Waals surface area contributed by atoms with E-state index in [0.29, 0.717) is 5.69 Å². The highest BCUT2D eigenvalue weighted by Gasteiger charge is 2.25.